The lowest BCUT2D eigenvalue weighted by molar-refractivity contribution is -0.128. The molecule has 2 saturated carbocycles. The molecule has 3 aliphatic rings. The van der Waals surface area contributed by atoms with Gasteiger partial charge in [-0.15, -0.1) is 0 Å². The maximum Gasteiger partial charge on any atom is 0.223 e. The molecule has 130 valence electrons. The van der Waals surface area contributed by atoms with Gasteiger partial charge in [-0.3, -0.25) is 4.79 Å². The molecule has 0 radical (unpaired) electrons. The molecule has 2 bridgehead atoms. The molecule has 1 aliphatic heterocycles. The first-order valence-corrected chi connectivity index (χ1v) is 9.59. The van der Waals surface area contributed by atoms with E-state index in [2.05, 4.69) is 28.8 Å². The number of anilines is 1. The minimum Gasteiger partial charge on any atom is -0.385 e. The predicted octanol–water partition coefficient (Wildman–Crippen LogP) is 2.81. The Morgan fingerprint density at radius 1 is 1.21 bits per heavy atom. The zero-order chi connectivity index (χ0) is 16.5. The Morgan fingerprint density at radius 3 is 2.79 bits per heavy atom. The minimum atomic E-state index is 0.166. The molecule has 4 nitrogen and oxygen atoms in total. The van der Waals surface area contributed by atoms with Crippen molar-refractivity contribution < 1.29 is 4.79 Å². The Hall–Kier alpha value is -1.55. The number of carbonyl (C=O) groups is 1. The summed E-state index contributed by atoms with van der Waals surface area (Å²) in [7, 11) is 0. The first-order valence-electron chi connectivity index (χ1n) is 9.59. The van der Waals surface area contributed by atoms with Gasteiger partial charge in [0.25, 0.3) is 0 Å². The lowest BCUT2D eigenvalue weighted by Crippen LogP contribution is -2.49. The first-order chi connectivity index (χ1) is 11.7. The smallest absolute Gasteiger partial charge is 0.223 e. The van der Waals surface area contributed by atoms with E-state index in [1.807, 2.05) is 0 Å². The molecule has 1 heterocycles. The van der Waals surface area contributed by atoms with E-state index in [1.165, 1.54) is 42.5 Å². The SMILES string of the molecule is NC1C2CCCC1CC(C(=O)NCc1ccc3c(c1)CCCN3)C2. The van der Waals surface area contributed by atoms with Crippen molar-refractivity contribution in [2.75, 3.05) is 11.9 Å². The molecule has 2 aliphatic carbocycles. The van der Waals surface area contributed by atoms with Gasteiger partial charge in [0.15, 0.2) is 0 Å². The molecule has 1 amide bonds. The number of fused-ring (bicyclic) bond motifs is 3. The zero-order valence-corrected chi connectivity index (χ0v) is 14.4. The lowest BCUT2D eigenvalue weighted by atomic mass is 9.65. The highest BCUT2D eigenvalue weighted by atomic mass is 16.1. The van der Waals surface area contributed by atoms with E-state index in [9.17, 15) is 4.79 Å². The van der Waals surface area contributed by atoms with Crippen LogP contribution in [0.25, 0.3) is 0 Å². The second-order valence-electron chi connectivity index (χ2n) is 7.94. The van der Waals surface area contributed by atoms with Gasteiger partial charge in [-0.25, -0.2) is 0 Å². The summed E-state index contributed by atoms with van der Waals surface area (Å²) >= 11 is 0. The average Bonchev–Trinajstić information content (AvgIpc) is 2.59. The highest BCUT2D eigenvalue weighted by Crippen LogP contribution is 2.41. The third-order valence-electron chi connectivity index (χ3n) is 6.36. The molecule has 0 spiro atoms. The first kappa shape index (κ1) is 15.9. The van der Waals surface area contributed by atoms with Crippen LogP contribution in [0.2, 0.25) is 0 Å². The summed E-state index contributed by atoms with van der Waals surface area (Å²) in [6, 6.07) is 6.85. The normalized spacial score (nSPS) is 31.7. The van der Waals surface area contributed by atoms with E-state index < -0.39 is 0 Å². The summed E-state index contributed by atoms with van der Waals surface area (Å²) in [5, 5.41) is 6.61. The van der Waals surface area contributed by atoms with Crippen molar-refractivity contribution >= 4 is 11.6 Å². The number of benzene rings is 1. The average molecular weight is 327 g/mol. The second kappa shape index (κ2) is 6.75. The standard InChI is InChI=1S/C20H29N3O/c21-19-15-3-1-4-16(19)11-17(10-15)20(24)23-12-13-6-7-18-14(9-13)5-2-8-22-18/h6-7,9,15-17,19,22H,1-5,8,10-12,21H2,(H,23,24). The molecule has 1 aromatic rings. The van der Waals surface area contributed by atoms with Crippen LogP contribution in [0.1, 0.15) is 49.7 Å². The van der Waals surface area contributed by atoms with E-state index >= 15 is 0 Å². The molecular formula is C20H29N3O. The number of carbonyl (C=O) groups excluding carboxylic acids is 1. The Bertz CT molecular complexity index is 601. The molecule has 24 heavy (non-hydrogen) atoms. The minimum absolute atomic E-state index is 0.166. The third-order valence-corrected chi connectivity index (χ3v) is 6.36. The molecule has 2 atom stereocenters. The van der Waals surface area contributed by atoms with E-state index in [4.69, 9.17) is 5.73 Å². The van der Waals surface area contributed by atoms with E-state index in [-0.39, 0.29) is 11.8 Å². The summed E-state index contributed by atoms with van der Waals surface area (Å²) in [4.78, 5) is 12.6. The number of rotatable bonds is 3. The number of hydrogen-bond acceptors (Lipinski definition) is 3. The fraction of sp³-hybridized carbons (Fsp3) is 0.650. The number of nitrogens with two attached hydrogens (primary N) is 1. The highest BCUT2D eigenvalue weighted by molar-refractivity contribution is 5.78. The van der Waals surface area contributed by atoms with Gasteiger partial charge in [0, 0.05) is 30.7 Å². The fourth-order valence-corrected chi connectivity index (χ4v) is 4.97. The third kappa shape index (κ3) is 3.16. The van der Waals surface area contributed by atoms with Gasteiger partial charge >= 0.3 is 0 Å². The van der Waals surface area contributed by atoms with Crippen LogP contribution < -0.4 is 16.4 Å². The molecule has 2 unspecified atom stereocenters. The lowest BCUT2D eigenvalue weighted by Gasteiger charge is -2.43. The van der Waals surface area contributed by atoms with Crippen LogP contribution in [0, 0.1) is 17.8 Å². The largest absolute Gasteiger partial charge is 0.385 e. The van der Waals surface area contributed by atoms with Crippen molar-refractivity contribution in [3.63, 3.8) is 0 Å². The van der Waals surface area contributed by atoms with E-state index in [0.29, 0.717) is 24.4 Å². The summed E-state index contributed by atoms with van der Waals surface area (Å²) in [5.74, 6) is 1.51. The molecule has 0 aromatic heterocycles. The van der Waals surface area contributed by atoms with Crippen LogP contribution in [0.3, 0.4) is 0 Å². The van der Waals surface area contributed by atoms with E-state index in [0.717, 1.165) is 25.8 Å². The Balaban J connectivity index is 1.35. The molecular weight excluding hydrogens is 298 g/mol. The quantitative estimate of drug-likeness (QED) is 0.800. The van der Waals surface area contributed by atoms with Crippen molar-refractivity contribution in [2.24, 2.45) is 23.5 Å². The summed E-state index contributed by atoms with van der Waals surface area (Å²) < 4.78 is 0. The summed E-state index contributed by atoms with van der Waals surface area (Å²) in [6.07, 6.45) is 8.00. The van der Waals surface area contributed by atoms with E-state index in [1.54, 1.807) is 0 Å². The summed E-state index contributed by atoms with van der Waals surface area (Å²) in [5.41, 5.74) is 10.2. The summed E-state index contributed by atoms with van der Waals surface area (Å²) in [6.45, 7) is 1.71. The number of amides is 1. The van der Waals surface area contributed by atoms with Gasteiger partial charge in [0.05, 0.1) is 0 Å². The van der Waals surface area contributed by atoms with Gasteiger partial charge in [0.1, 0.15) is 0 Å². The molecule has 1 aromatic carbocycles. The zero-order valence-electron chi connectivity index (χ0n) is 14.4. The Morgan fingerprint density at radius 2 is 2.00 bits per heavy atom. The fourth-order valence-electron chi connectivity index (χ4n) is 4.97. The van der Waals surface area contributed by atoms with Gasteiger partial charge in [-0.2, -0.15) is 0 Å². The van der Waals surface area contributed by atoms with Gasteiger partial charge in [-0.05, 0) is 67.6 Å². The van der Waals surface area contributed by atoms with Gasteiger partial charge in [-0.1, -0.05) is 18.6 Å². The van der Waals surface area contributed by atoms with Crippen LogP contribution in [0.4, 0.5) is 5.69 Å². The van der Waals surface area contributed by atoms with Crippen molar-refractivity contribution in [1.82, 2.24) is 5.32 Å². The van der Waals surface area contributed by atoms with Crippen molar-refractivity contribution in [3.05, 3.63) is 29.3 Å². The Kier molecular flexibility index (Phi) is 4.49. The molecule has 4 heteroatoms. The van der Waals surface area contributed by atoms with Gasteiger partial charge in [0.2, 0.25) is 5.91 Å². The highest BCUT2D eigenvalue weighted by Gasteiger charge is 2.40. The number of hydrogen-bond donors (Lipinski definition) is 3. The van der Waals surface area contributed by atoms with Crippen LogP contribution in [-0.4, -0.2) is 18.5 Å². The Labute approximate surface area is 144 Å². The predicted molar refractivity (Wildman–Crippen MR) is 96.6 cm³/mol. The van der Waals surface area contributed by atoms with Gasteiger partial charge < -0.3 is 16.4 Å². The monoisotopic (exact) mass is 327 g/mol. The molecule has 4 rings (SSSR count). The maximum atomic E-state index is 12.6. The molecule has 0 saturated heterocycles. The second-order valence-corrected chi connectivity index (χ2v) is 7.94. The number of nitrogens with one attached hydrogen (secondary N) is 2. The topological polar surface area (TPSA) is 67.2 Å². The van der Waals surface area contributed by atoms with Crippen LogP contribution in [0.5, 0.6) is 0 Å². The maximum absolute atomic E-state index is 12.6. The van der Waals surface area contributed by atoms with Crippen LogP contribution >= 0.6 is 0 Å². The molecule has 4 N–H and O–H groups in total. The number of aryl methyl sites for hydroxylation is 1. The van der Waals surface area contributed by atoms with Crippen LogP contribution in [0.15, 0.2) is 18.2 Å². The molecule has 2 fully saturated rings. The van der Waals surface area contributed by atoms with Crippen molar-refractivity contribution in [3.8, 4) is 0 Å². The van der Waals surface area contributed by atoms with Crippen molar-refractivity contribution in [1.29, 1.82) is 0 Å². The van der Waals surface area contributed by atoms with Crippen molar-refractivity contribution in [2.45, 2.75) is 57.5 Å². The van der Waals surface area contributed by atoms with Crippen LogP contribution in [-0.2, 0) is 17.8 Å².